The highest BCUT2D eigenvalue weighted by Crippen LogP contribution is 2.36. The number of allylic oxidation sites excluding steroid dienone is 1. The molecule has 1 unspecified atom stereocenters. The van der Waals surface area contributed by atoms with Crippen LogP contribution in [0.5, 0.6) is 0 Å². The number of likely N-dealkylation sites (N-methyl/N-ethyl adjacent to an activating group) is 1. The van der Waals surface area contributed by atoms with Crippen LogP contribution in [-0.4, -0.2) is 60.6 Å². The highest BCUT2D eigenvalue weighted by atomic mass is 16.5. The second-order valence-electron chi connectivity index (χ2n) is 9.66. The maximum absolute atomic E-state index is 14.0. The Bertz CT molecular complexity index is 1050. The predicted molar refractivity (Wildman–Crippen MR) is 141 cm³/mol. The zero-order chi connectivity index (χ0) is 26.4. The minimum Gasteiger partial charge on any atom is -0.358 e. The van der Waals surface area contributed by atoms with Crippen LogP contribution in [-0.2, 0) is 19.1 Å². The van der Waals surface area contributed by atoms with E-state index >= 15 is 0 Å². The van der Waals surface area contributed by atoms with E-state index in [1.807, 2.05) is 60.7 Å². The van der Waals surface area contributed by atoms with E-state index in [0.29, 0.717) is 25.9 Å². The molecule has 0 radical (unpaired) electrons. The Morgan fingerprint density at radius 1 is 1.11 bits per heavy atom. The quantitative estimate of drug-likeness (QED) is 0.456. The number of carbonyl (C=O) groups excluding carboxylic acids is 3. The third kappa shape index (κ3) is 5.92. The number of carbonyl (C=O) groups is 3. The van der Waals surface area contributed by atoms with Gasteiger partial charge in [0, 0.05) is 6.42 Å². The number of amides is 3. The van der Waals surface area contributed by atoms with Crippen LogP contribution in [0.3, 0.4) is 0 Å². The van der Waals surface area contributed by atoms with E-state index in [-0.39, 0.29) is 29.7 Å². The lowest BCUT2D eigenvalue weighted by Crippen LogP contribution is -2.57. The fourth-order valence-corrected chi connectivity index (χ4v) is 5.18. The monoisotopic (exact) mass is 504 g/mol. The normalized spacial score (nSPS) is 24.2. The van der Waals surface area contributed by atoms with Gasteiger partial charge in [-0.25, -0.2) is 0 Å². The third-order valence-corrected chi connectivity index (χ3v) is 7.26. The molecule has 196 valence electrons. The molecule has 5 atom stereocenters. The molecular formula is C29H36N4O4. The molecule has 0 bridgehead atoms. The zero-order valence-electron chi connectivity index (χ0n) is 21.4. The van der Waals surface area contributed by atoms with Crippen LogP contribution >= 0.6 is 0 Å². The first-order chi connectivity index (χ1) is 17.9. The molecule has 37 heavy (non-hydrogen) atoms. The summed E-state index contributed by atoms with van der Waals surface area (Å²) in [7, 11) is 1.69. The lowest BCUT2D eigenvalue weighted by molar-refractivity contribution is -0.149. The summed E-state index contributed by atoms with van der Waals surface area (Å²) < 4.78 is 6.05. The van der Waals surface area contributed by atoms with Crippen molar-refractivity contribution in [3.05, 3.63) is 84.4 Å². The summed E-state index contributed by atoms with van der Waals surface area (Å²) >= 11 is 0. The number of rotatable bonds is 9. The summed E-state index contributed by atoms with van der Waals surface area (Å²) in [4.78, 5) is 41.9. The molecule has 8 heteroatoms. The number of hydrogen-bond acceptors (Lipinski definition) is 5. The van der Waals surface area contributed by atoms with Gasteiger partial charge in [0.15, 0.2) is 0 Å². The maximum atomic E-state index is 14.0. The molecule has 0 spiro atoms. The van der Waals surface area contributed by atoms with E-state index in [9.17, 15) is 14.4 Å². The highest BCUT2D eigenvalue weighted by Gasteiger charge is 2.50. The Balaban J connectivity index is 1.63. The molecule has 3 amide bonds. The van der Waals surface area contributed by atoms with Crippen LogP contribution in [0.15, 0.2) is 73.3 Å². The summed E-state index contributed by atoms with van der Waals surface area (Å²) in [5.41, 5.74) is 1.89. The first kappa shape index (κ1) is 26.6. The van der Waals surface area contributed by atoms with Crippen molar-refractivity contribution in [3.8, 4) is 0 Å². The van der Waals surface area contributed by atoms with Gasteiger partial charge in [0.25, 0.3) is 0 Å². The van der Waals surface area contributed by atoms with E-state index in [4.69, 9.17) is 4.74 Å². The lowest BCUT2D eigenvalue weighted by Gasteiger charge is -2.32. The van der Waals surface area contributed by atoms with E-state index in [0.717, 1.165) is 11.1 Å². The smallest absolute Gasteiger partial charge is 0.247 e. The van der Waals surface area contributed by atoms with Gasteiger partial charge in [-0.1, -0.05) is 66.7 Å². The standard InChI is InChI=1S/C29H36N4O4/c1-4-11-22-18-24-33(29(36)23(16-17-37-24)31-27(34)19(2)30-3)26(22)28(35)32-25(20-12-7-5-8-13-20)21-14-9-6-10-15-21/h4-10,12-15,19,22-26,30H,1,11,16-18H2,2-3H3,(H,31,34)(H,32,35)/t19-,22?,23-,24-,26-/m0/s1. The van der Waals surface area contributed by atoms with Crippen molar-refractivity contribution < 1.29 is 19.1 Å². The number of nitrogens with one attached hydrogen (secondary N) is 3. The summed E-state index contributed by atoms with van der Waals surface area (Å²) in [6.07, 6.45) is 2.71. The second kappa shape index (κ2) is 12.2. The average molecular weight is 505 g/mol. The third-order valence-electron chi connectivity index (χ3n) is 7.26. The summed E-state index contributed by atoms with van der Waals surface area (Å²) in [5, 5.41) is 8.95. The van der Waals surface area contributed by atoms with Crippen molar-refractivity contribution in [2.75, 3.05) is 13.7 Å². The number of nitrogens with zero attached hydrogens (tertiary/aromatic N) is 1. The Morgan fingerprint density at radius 2 is 1.73 bits per heavy atom. The van der Waals surface area contributed by atoms with Crippen molar-refractivity contribution in [3.63, 3.8) is 0 Å². The molecule has 2 aromatic carbocycles. The van der Waals surface area contributed by atoms with E-state index in [1.54, 1.807) is 24.9 Å². The van der Waals surface area contributed by atoms with E-state index < -0.39 is 24.4 Å². The number of ether oxygens (including phenoxy) is 1. The Morgan fingerprint density at radius 3 is 2.30 bits per heavy atom. The fourth-order valence-electron chi connectivity index (χ4n) is 5.18. The van der Waals surface area contributed by atoms with Crippen molar-refractivity contribution in [2.45, 2.75) is 56.6 Å². The molecule has 0 saturated carbocycles. The first-order valence-corrected chi connectivity index (χ1v) is 12.9. The summed E-state index contributed by atoms with van der Waals surface area (Å²) in [6, 6.07) is 17.2. The molecule has 2 aliphatic rings. The summed E-state index contributed by atoms with van der Waals surface area (Å²) in [5.74, 6) is -0.957. The Labute approximate surface area is 218 Å². The Hall–Kier alpha value is -3.49. The molecule has 8 nitrogen and oxygen atoms in total. The van der Waals surface area contributed by atoms with Gasteiger partial charge in [-0.2, -0.15) is 0 Å². The van der Waals surface area contributed by atoms with Gasteiger partial charge >= 0.3 is 0 Å². The van der Waals surface area contributed by atoms with Crippen molar-refractivity contribution >= 4 is 17.7 Å². The van der Waals surface area contributed by atoms with Crippen LogP contribution in [0.1, 0.15) is 43.4 Å². The van der Waals surface area contributed by atoms with E-state index in [2.05, 4.69) is 22.5 Å². The van der Waals surface area contributed by atoms with Gasteiger partial charge in [0.1, 0.15) is 18.3 Å². The molecule has 2 aromatic rings. The molecule has 0 aromatic heterocycles. The van der Waals surface area contributed by atoms with Gasteiger partial charge < -0.3 is 25.6 Å². The molecular weight excluding hydrogens is 468 g/mol. The Kier molecular flexibility index (Phi) is 8.74. The van der Waals surface area contributed by atoms with Crippen LogP contribution in [0.25, 0.3) is 0 Å². The first-order valence-electron chi connectivity index (χ1n) is 12.9. The largest absolute Gasteiger partial charge is 0.358 e. The van der Waals surface area contributed by atoms with Gasteiger partial charge in [0.2, 0.25) is 17.7 Å². The fraction of sp³-hybridized carbons (Fsp3) is 0.414. The van der Waals surface area contributed by atoms with Gasteiger partial charge in [0.05, 0.1) is 18.7 Å². The van der Waals surface area contributed by atoms with Crippen LogP contribution in [0.4, 0.5) is 0 Å². The minimum atomic E-state index is -0.759. The number of benzene rings is 2. The minimum absolute atomic E-state index is 0.149. The lowest BCUT2D eigenvalue weighted by atomic mass is 9.93. The highest BCUT2D eigenvalue weighted by molar-refractivity contribution is 5.94. The van der Waals surface area contributed by atoms with Crippen LogP contribution in [0.2, 0.25) is 0 Å². The molecule has 2 aliphatic heterocycles. The number of hydrogen-bond donors (Lipinski definition) is 3. The van der Waals surface area contributed by atoms with Crippen molar-refractivity contribution in [1.29, 1.82) is 0 Å². The van der Waals surface area contributed by atoms with Crippen LogP contribution < -0.4 is 16.0 Å². The van der Waals surface area contributed by atoms with Gasteiger partial charge in [-0.05, 0) is 43.9 Å². The summed E-state index contributed by atoms with van der Waals surface area (Å²) in [6.45, 7) is 5.92. The topological polar surface area (TPSA) is 99.8 Å². The molecule has 0 aliphatic carbocycles. The predicted octanol–water partition coefficient (Wildman–Crippen LogP) is 2.52. The van der Waals surface area contributed by atoms with E-state index in [1.165, 1.54) is 0 Å². The average Bonchev–Trinajstić information content (AvgIpc) is 3.21. The number of fused-ring (bicyclic) bond motifs is 1. The zero-order valence-corrected chi connectivity index (χ0v) is 21.4. The maximum Gasteiger partial charge on any atom is 0.247 e. The van der Waals surface area contributed by atoms with Crippen molar-refractivity contribution in [2.24, 2.45) is 5.92 Å². The van der Waals surface area contributed by atoms with Crippen molar-refractivity contribution in [1.82, 2.24) is 20.9 Å². The second-order valence-corrected chi connectivity index (χ2v) is 9.66. The molecule has 3 N–H and O–H groups in total. The molecule has 4 rings (SSSR count). The molecule has 2 fully saturated rings. The molecule has 2 saturated heterocycles. The van der Waals surface area contributed by atoms with Crippen LogP contribution in [0, 0.1) is 5.92 Å². The molecule has 2 heterocycles. The SMILES string of the molecule is C=CCC1C[C@@H]2OCC[C@H](NC(=O)[C@H](C)NC)C(=O)N2[C@@H]1C(=O)NC(c1ccccc1)c1ccccc1. The van der Waals surface area contributed by atoms with Gasteiger partial charge in [-0.15, -0.1) is 6.58 Å². The van der Waals surface area contributed by atoms with Gasteiger partial charge in [-0.3, -0.25) is 14.4 Å².